The third-order valence-electron chi connectivity index (χ3n) is 4.78. The standard InChI is InChI=1S/C19H20F2N4O4S/c20-15-7-6-14(12-16(15)21)30(28,29)25-10-8-24(9-11-25)17(18(26)23-19(22)27)13-4-2-1-3-5-13/h1-7,12,17H,8-11H2,(H3,22,23,26,27). The Morgan fingerprint density at radius 2 is 1.60 bits per heavy atom. The van der Waals surface area contributed by atoms with E-state index in [0.717, 1.165) is 16.4 Å². The van der Waals surface area contributed by atoms with E-state index in [4.69, 9.17) is 5.73 Å². The lowest BCUT2D eigenvalue weighted by Crippen LogP contribution is -2.53. The third kappa shape index (κ3) is 4.64. The number of piperazine rings is 1. The summed E-state index contributed by atoms with van der Waals surface area (Å²) in [6, 6.07) is 9.28. The third-order valence-corrected chi connectivity index (χ3v) is 6.67. The lowest BCUT2D eigenvalue weighted by molar-refractivity contribution is -0.126. The molecule has 3 N–H and O–H groups in total. The van der Waals surface area contributed by atoms with Gasteiger partial charge in [-0.2, -0.15) is 4.31 Å². The normalized spacial score (nSPS) is 16.7. The summed E-state index contributed by atoms with van der Waals surface area (Å²) in [5, 5.41) is 2.07. The van der Waals surface area contributed by atoms with Gasteiger partial charge in [-0.3, -0.25) is 15.0 Å². The molecular weight excluding hydrogens is 418 g/mol. The van der Waals surface area contributed by atoms with Crippen LogP contribution in [0.4, 0.5) is 13.6 Å². The maximum atomic E-state index is 13.5. The molecule has 1 aliphatic heterocycles. The lowest BCUT2D eigenvalue weighted by Gasteiger charge is -2.38. The lowest BCUT2D eigenvalue weighted by atomic mass is 10.0. The number of nitrogens with zero attached hydrogens (tertiary/aromatic N) is 2. The molecule has 3 amide bonds. The molecule has 0 aliphatic carbocycles. The fraction of sp³-hybridized carbons (Fsp3) is 0.263. The molecule has 1 atom stereocenters. The second kappa shape index (κ2) is 8.86. The van der Waals surface area contributed by atoms with Crippen molar-refractivity contribution in [2.45, 2.75) is 10.9 Å². The van der Waals surface area contributed by atoms with Crippen LogP contribution in [-0.4, -0.2) is 55.7 Å². The van der Waals surface area contributed by atoms with Gasteiger partial charge in [-0.1, -0.05) is 30.3 Å². The molecule has 1 aliphatic rings. The van der Waals surface area contributed by atoms with Gasteiger partial charge in [-0.05, 0) is 23.8 Å². The van der Waals surface area contributed by atoms with Crippen molar-refractivity contribution in [1.29, 1.82) is 0 Å². The molecule has 3 rings (SSSR count). The second-order valence-corrected chi connectivity index (χ2v) is 8.62. The average Bonchev–Trinajstić information content (AvgIpc) is 2.71. The van der Waals surface area contributed by atoms with Gasteiger partial charge in [0, 0.05) is 26.2 Å². The van der Waals surface area contributed by atoms with Crippen LogP contribution in [0, 0.1) is 11.6 Å². The van der Waals surface area contributed by atoms with Gasteiger partial charge in [0.25, 0.3) is 0 Å². The number of sulfonamides is 1. The Bertz CT molecular complexity index is 1040. The fourth-order valence-corrected chi connectivity index (χ4v) is 4.78. The van der Waals surface area contributed by atoms with Crippen molar-refractivity contribution < 1.29 is 26.8 Å². The molecule has 1 saturated heterocycles. The zero-order chi connectivity index (χ0) is 21.9. The van der Waals surface area contributed by atoms with E-state index in [1.54, 1.807) is 35.2 Å². The number of primary amides is 1. The molecule has 0 spiro atoms. The van der Waals surface area contributed by atoms with E-state index in [1.807, 2.05) is 0 Å². The van der Waals surface area contributed by atoms with E-state index in [9.17, 15) is 26.8 Å². The summed E-state index contributed by atoms with van der Waals surface area (Å²) >= 11 is 0. The first kappa shape index (κ1) is 21.8. The Morgan fingerprint density at radius 3 is 2.17 bits per heavy atom. The summed E-state index contributed by atoms with van der Waals surface area (Å²) in [5.41, 5.74) is 5.69. The van der Waals surface area contributed by atoms with Gasteiger partial charge in [-0.25, -0.2) is 22.0 Å². The molecular formula is C19H20F2N4O4S. The summed E-state index contributed by atoms with van der Waals surface area (Å²) in [5.74, 6) is -3.00. The molecule has 1 fully saturated rings. The van der Waals surface area contributed by atoms with Crippen molar-refractivity contribution in [3.8, 4) is 0 Å². The van der Waals surface area contributed by atoms with Crippen molar-refractivity contribution in [1.82, 2.24) is 14.5 Å². The summed E-state index contributed by atoms with van der Waals surface area (Å²) < 4.78 is 53.3. The highest BCUT2D eigenvalue weighted by Gasteiger charge is 2.35. The highest BCUT2D eigenvalue weighted by atomic mass is 32.2. The maximum absolute atomic E-state index is 13.5. The molecule has 0 bridgehead atoms. The van der Waals surface area contributed by atoms with E-state index in [2.05, 4.69) is 5.32 Å². The molecule has 1 unspecified atom stereocenters. The van der Waals surface area contributed by atoms with Crippen molar-refractivity contribution in [2.24, 2.45) is 5.73 Å². The van der Waals surface area contributed by atoms with Gasteiger partial charge >= 0.3 is 6.03 Å². The first-order chi connectivity index (χ1) is 14.2. The molecule has 2 aromatic rings. The number of urea groups is 1. The first-order valence-corrected chi connectivity index (χ1v) is 10.5. The maximum Gasteiger partial charge on any atom is 0.318 e. The zero-order valence-electron chi connectivity index (χ0n) is 15.8. The predicted octanol–water partition coefficient (Wildman–Crippen LogP) is 1.21. The zero-order valence-corrected chi connectivity index (χ0v) is 16.6. The molecule has 30 heavy (non-hydrogen) atoms. The van der Waals surface area contributed by atoms with Gasteiger partial charge < -0.3 is 5.73 Å². The summed E-state index contributed by atoms with van der Waals surface area (Å²) in [7, 11) is -4.03. The van der Waals surface area contributed by atoms with E-state index in [-0.39, 0.29) is 31.1 Å². The number of nitrogens with two attached hydrogens (primary N) is 1. The summed E-state index contributed by atoms with van der Waals surface area (Å²) in [6.07, 6.45) is 0. The minimum absolute atomic E-state index is 0.0223. The molecule has 11 heteroatoms. The number of benzene rings is 2. The Hall–Kier alpha value is -2.89. The largest absolute Gasteiger partial charge is 0.351 e. The summed E-state index contributed by atoms with van der Waals surface area (Å²) in [4.78, 5) is 25.1. The van der Waals surface area contributed by atoms with Crippen molar-refractivity contribution in [2.75, 3.05) is 26.2 Å². The van der Waals surface area contributed by atoms with Crippen LogP contribution in [0.25, 0.3) is 0 Å². The Kier molecular flexibility index (Phi) is 6.44. The molecule has 2 aromatic carbocycles. The smallest absolute Gasteiger partial charge is 0.318 e. The number of imide groups is 1. The minimum Gasteiger partial charge on any atom is -0.351 e. The molecule has 8 nitrogen and oxygen atoms in total. The molecule has 0 aromatic heterocycles. The quantitative estimate of drug-likeness (QED) is 0.729. The highest BCUT2D eigenvalue weighted by molar-refractivity contribution is 7.89. The van der Waals surface area contributed by atoms with Gasteiger partial charge in [0.1, 0.15) is 6.04 Å². The van der Waals surface area contributed by atoms with Gasteiger partial charge in [0.05, 0.1) is 4.90 Å². The van der Waals surface area contributed by atoms with Crippen molar-refractivity contribution in [3.63, 3.8) is 0 Å². The Balaban J connectivity index is 1.78. The van der Waals surface area contributed by atoms with Gasteiger partial charge in [-0.15, -0.1) is 0 Å². The molecule has 160 valence electrons. The second-order valence-electron chi connectivity index (χ2n) is 6.68. The highest BCUT2D eigenvalue weighted by Crippen LogP contribution is 2.25. The number of hydrogen-bond acceptors (Lipinski definition) is 5. The number of carbonyl (C=O) groups excluding carboxylic acids is 2. The van der Waals surface area contributed by atoms with Crippen LogP contribution in [0.1, 0.15) is 11.6 Å². The average molecular weight is 438 g/mol. The van der Waals surface area contributed by atoms with Crippen molar-refractivity contribution in [3.05, 3.63) is 65.7 Å². The molecule has 0 saturated carbocycles. The number of halogens is 2. The number of hydrogen-bond donors (Lipinski definition) is 2. The molecule has 0 radical (unpaired) electrons. The van der Waals surface area contributed by atoms with E-state index >= 15 is 0 Å². The SMILES string of the molecule is NC(=O)NC(=O)C(c1ccccc1)N1CCN(S(=O)(=O)c2ccc(F)c(F)c2)CC1. The van der Waals surface area contributed by atoms with Crippen LogP contribution in [0.3, 0.4) is 0 Å². The topological polar surface area (TPSA) is 113 Å². The van der Waals surface area contributed by atoms with Crippen LogP contribution < -0.4 is 11.1 Å². The first-order valence-electron chi connectivity index (χ1n) is 9.04. The predicted molar refractivity (Wildman–Crippen MR) is 104 cm³/mol. The van der Waals surface area contributed by atoms with Gasteiger partial charge in [0.15, 0.2) is 11.6 Å². The van der Waals surface area contributed by atoms with Crippen LogP contribution in [-0.2, 0) is 14.8 Å². The van der Waals surface area contributed by atoms with Crippen molar-refractivity contribution >= 4 is 22.0 Å². The van der Waals surface area contributed by atoms with E-state index in [0.29, 0.717) is 11.6 Å². The number of amides is 3. The van der Waals surface area contributed by atoms with Crippen LogP contribution >= 0.6 is 0 Å². The number of rotatable bonds is 5. The van der Waals surface area contributed by atoms with Crippen LogP contribution in [0.5, 0.6) is 0 Å². The number of carbonyl (C=O) groups is 2. The monoisotopic (exact) mass is 438 g/mol. The van der Waals surface area contributed by atoms with Crippen LogP contribution in [0.2, 0.25) is 0 Å². The Labute approximate surface area is 172 Å². The fourth-order valence-electron chi connectivity index (χ4n) is 3.34. The Morgan fingerprint density at radius 1 is 0.967 bits per heavy atom. The summed E-state index contributed by atoms with van der Waals surface area (Å²) in [6.45, 7) is 0.395. The van der Waals surface area contributed by atoms with Gasteiger partial charge in [0.2, 0.25) is 15.9 Å². The van der Waals surface area contributed by atoms with Crippen LogP contribution in [0.15, 0.2) is 53.4 Å². The van der Waals surface area contributed by atoms with E-state index < -0.39 is 39.6 Å². The molecule has 1 heterocycles. The number of nitrogens with one attached hydrogen (secondary N) is 1. The van der Waals surface area contributed by atoms with E-state index in [1.165, 1.54) is 0 Å². The minimum atomic E-state index is -4.03.